The zero-order chi connectivity index (χ0) is 36.2. The Labute approximate surface area is 307 Å². The summed E-state index contributed by atoms with van der Waals surface area (Å²) in [7, 11) is -6.17. The van der Waals surface area contributed by atoms with Crippen LogP contribution in [0.3, 0.4) is 0 Å². The Morgan fingerprint density at radius 2 is 0.500 bits per heavy atom. The molecule has 0 radical (unpaired) electrons. The summed E-state index contributed by atoms with van der Waals surface area (Å²) in [6.07, 6.45) is 26.5. The van der Waals surface area contributed by atoms with Crippen molar-refractivity contribution in [1.29, 1.82) is 31.6 Å². The molecule has 0 aromatic carbocycles. The van der Waals surface area contributed by atoms with Gasteiger partial charge in [-0.25, -0.2) is 0 Å². The second kappa shape index (κ2) is 33.4. The molecule has 10 heteroatoms. The quantitative estimate of drug-likeness (QED) is 0.0827. The van der Waals surface area contributed by atoms with Gasteiger partial charge < -0.3 is 0 Å². The molecular weight excluding hydrogens is 928 g/mol. The first-order chi connectivity index (χ1) is 21.8. The van der Waals surface area contributed by atoms with Gasteiger partial charge in [0.1, 0.15) is 0 Å². The van der Waals surface area contributed by atoms with E-state index in [1.54, 1.807) is 13.3 Å². The van der Waals surface area contributed by atoms with Gasteiger partial charge in [0.2, 0.25) is 0 Å². The zero-order valence-corrected chi connectivity index (χ0v) is 41.1. The summed E-state index contributed by atoms with van der Waals surface area (Å²) in [4.78, 5) is 21.2. The number of rotatable bonds is 21. The summed E-state index contributed by atoms with van der Waals surface area (Å²) in [5, 5.41) is 51.5. The standard InChI is InChI=1S/3C8H17.6CN.6CH3.Fe.3Sn/c3*1-3-5-7-8-6-4-2;6*1-2;;;;;;;;;;/h3*1,3-8H2,2H3;;;;;;;6*1H3;;;;/q;;;;;;;;;;;;;;;-3;3*+1. The van der Waals surface area contributed by atoms with Crippen molar-refractivity contribution in [3.8, 4) is 29.8 Å². The first-order valence-corrected chi connectivity index (χ1v) is 44.1. The normalized spacial score (nSPS) is 11.0. The molecule has 0 atom stereocenters. The molecule has 46 heavy (non-hydrogen) atoms. The third-order valence-electron chi connectivity index (χ3n) is 7.28. The van der Waals surface area contributed by atoms with Gasteiger partial charge >= 0.3 is 311 Å². The van der Waals surface area contributed by atoms with Crippen LogP contribution in [0.4, 0.5) is 0 Å². The van der Waals surface area contributed by atoms with Crippen LogP contribution in [-0.4, -0.2) is 59.3 Å². The van der Waals surface area contributed by atoms with E-state index in [2.05, 4.69) is 50.4 Å². The monoisotopic (exact) mass is 1000 g/mol. The van der Waals surface area contributed by atoms with Gasteiger partial charge in [0.05, 0.1) is 0 Å². The second-order valence-electron chi connectivity index (χ2n) is 13.0. The molecule has 0 heterocycles. The third-order valence-corrected chi connectivity index (χ3v) is 22.6. The summed E-state index contributed by atoms with van der Waals surface area (Å²) in [6, 6.07) is 0. The molecule has 263 valence electrons. The van der Waals surface area contributed by atoms with E-state index in [4.69, 9.17) is 31.6 Å². The molecule has 0 fully saturated rings. The fourth-order valence-corrected chi connectivity index (χ4v) is 13.1. The Morgan fingerprint density at radius 3 is 0.630 bits per heavy atom. The summed E-state index contributed by atoms with van der Waals surface area (Å²) in [5.74, 6) is 0. The van der Waals surface area contributed by atoms with Crippen LogP contribution in [0.1, 0.15) is 136 Å². The van der Waals surface area contributed by atoms with E-state index in [1.165, 1.54) is 116 Å². The van der Waals surface area contributed by atoms with Gasteiger partial charge in [-0.15, -0.1) is 0 Å². The van der Waals surface area contributed by atoms with Crippen LogP contribution in [-0.2, 0) is 10.7 Å². The maximum absolute atomic E-state index is 8.58. The van der Waals surface area contributed by atoms with Gasteiger partial charge in [-0.2, -0.15) is 0 Å². The van der Waals surface area contributed by atoms with Gasteiger partial charge in [-0.05, 0) is 0 Å². The predicted octanol–water partition coefficient (Wildman–Crippen LogP) is 12.4. The SMILES string of the molecule is CCCCCCC[CH2][Sn+]([CH3])[CH3].CCCCCCC[CH2][Sn+]([CH3])[CH3].CCCCCCC[CH2][Sn+]([CH3])[CH3].N#[C][Fe-3]([C]#N)([C]#N)([C]#N)([C]#N)[C]#N. The molecule has 0 amide bonds. The van der Waals surface area contributed by atoms with E-state index in [-0.39, 0.29) is 0 Å². The third kappa shape index (κ3) is 27.8. The Hall–Kier alpha value is -0.144. The van der Waals surface area contributed by atoms with Crippen molar-refractivity contribution in [2.24, 2.45) is 0 Å². The summed E-state index contributed by atoms with van der Waals surface area (Å²) in [5.41, 5.74) is 0. The molecule has 0 unspecified atom stereocenters. The Bertz CT molecular complexity index is 812. The van der Waals surface area contributed by atoms with Crippen LogP contribution in [0.5, 0.6) is 0 Å². The fourth-order valence-electron chi connectivity index (χ4n) is 4.04. The summed E-state index contributed by atoms with van der Waals surface area (Å²) < 4.78 is 4.86. The minimum atomic E-state index is -6.17. The van der Waals surface area contributed by atoms with E-state index in [0.29, 0.717) is 0 Å². The number of nitriles is 6. The molecule has 0 aliphatic rings. The van der Waals surface area contributed by atoms with Crippen molar-refractivity contribution < 1.29 is 10.7 Å². The van der Waals surface area contributed by atoms with Crippen molar-refractivity contribution >= 4 is 59.3 Å². The molecular formula is C36H69FeN6Sn3. The van der Waals surface area contributed by atoms with Gasteiger partial charge in [0, 0.05) is 0 Å². The molecule has 0 aliphatic carbocycles. The van der Waals surface area contributed by atoms with Gasteiger partial charge in [-0.1, -0.05) is 0 Å². The number of nitrogens with zero attached hydrogens (tertiary/aromatic N) is 6. The number of unbranched alkanes of at least 4 members (excludes halogenated alkanes) is 15. The van der Waals surface area contributed by atoms with Crippen LogP contribution >= 0.6 is 0 Å². The van der Waals surface area contributed by atoms with Gasteiger partial charge in [0.15, 0.2) is 0 Å². The zero-order valence-electron chi connectivity index (χ0n) is 31.4. The van der Waals surface area contributed by atoms with Crippen LogP contribution in [0, 0.1) is 61.4 Å². The molecule has 0 rings (SSSR count). The van der Waals surface area contributed by atoms with Crippen molar-refractivity contribution in [3.05, 3.63) is 0 Å². The van der Waals surface area contributed by atoms with Crippen molar-refractivity contribution in [3.63, 3.8) is 0 Å². The average molecular weight is 998 g/mol. The van der Waals surface area contributed by atoms with Crippen molar-refractivity contribution in [1.82, 2.24) is 0 Å². The van der Waals surface area contributed by atoms with E-state index in [9.17, 15) is 0 Å². The second-order valence-corrected chi connectivity index (χ2v) is 43.5. The minimum absolute atomic E-state index is 0.701. The van der Waals surface area contributed by atoms with E-state index >= 15 is 0 Å². The molecule has 0 saturated carbocycles. The van der Waals surface area contributed by atoms with Crippen LogP contribution in [0.2, 0.25) is 42.9 Å². The van der Waals surface area contributed by atoms with E-state index in [1.807, 2.05) is 0 Å². The van der Waals surface area contributed by atoms with E-state index in [0.717, 1.165) is 29.8 Å². The molecule has 0 aromatic heterocycles. The Balaban J connectivity index is -0.000000256. The number of hydrogen-bond acceptors (Lipinski definition) is 6. The predicted molar refractivity (Wildman–Crippen MR) is 201 cm³/mol. The topological polar surface area (TPSA) is 143 Å². The van der Waals surface area contributed by atoms with Crippen molar-refractivity contribution in [2.75, 3.05) is 0 Å². The molecule has 0 aliphatic heterocycles. The Morgan fingerprint density at radius 1 is 0.326 bits per heavy atom. The van der Waals surface area contributed by atoms with Crippen LogP contribution in [0.15, 0.2) is 0 Å². The molecule has 0 bridgehead atoms. The first-order valence-electron chi connectivity index (χ1n) is 17.6. The van der Waals surface area contributed by atoms with Crippen molar-refractivity contribution in [2.45, 2.75) is 179 Å². The van der Waals surface area contributed by atoms with Gasteiger partial charge in [0.25, 0.3) is 0 Å². The molecule has 0 spiro atoms. The molecule has 0 N–H and O–H groups in total. The fraction of sp³-hybridized carbons (Fsp3) is 0.833. The molecule has 0 saturated heterocycles. The van der Waals surface area contributed by atoms with Crippen LogP contribution in [0.25, 0.3) is 0 Å². The molecule has 6 nitrogen and oxygen atoms in total. The van der Waals surface area contributed by atoms with Crippen LogP contribution < -0.4 is 0 Å². The molecule has 0 aromatic rings. The summed E-state index contributed by atoms with van der Waals surface area (Å²) in [6.45, 7) is 6.84. The summed E-state index contributed by atoms with van der Waals surface area (Å²) >= 11 is -2.10. The Kier molecular flexibility index (Phi) is 38.2. The van der Waals surface area contributed by atoms with Gasteiger partial charge in [-0.3, -0.25) is 0 Å². The maximum atomic E-state index is 8.58. The van der Waals surface area contributed by atoms with E-state index < -0.39 is 70.0 Å². The first kappa shape index (κ1) is 52.7. The number of hydrogen-bond donors (Lipinski definition) is 0. The average Bonchev–Trinajstić information content (AvgIpc) is 3.05.